The van der Waals surface area contributed by atoms with E-state index in [0.29, 0.717) is 11.6 Å². The van der Waals surface area contributed by atoms with Crippen LogP contribution in [0.3, 0.4) is 0 Å². The standard InChI is InChI=1S/C15H15ClN2O/c16-13-8-18-6-5-10(13)7-14(17)12-9-19-15-4-2-1-3-11(12)15/h1-6,8,12,14H,7,9,17H2. The zero-order valence-corrected chi connectivity index (χ0v) is 11.2. The van der Waals surface area contributed by atoms with Crippen molar-refractivity contribution < 1.29 is 4.74 Å². The Hall–Kier alpha value is -1.58. The first-order valence-corrected chi connectivity index (χ1v) is 6.69. The third kappa shape index (κ3) is 2.44. The molecule has 2 N–H and O–H groups in total. The fourth-order valence-electron chi connectivity index (χ4n) is 2.51. The maximum Gasteiger partial charge on any atom is 0.122 e. The minimum atomic E-state index is -0.0106. The normalized spacial score (nSPS) is 18.7. The summed E-state index contributed by atoms with van der Waals surface area (Å²) in [7, 11) is 0. The van der Waals surface area contributed by atoms with Gasteiger partial charge in [0.1, 0.15) is 5.75 Å². The van der Waals surface area contributed by atoms with E-state index in [-0.39, 0.29) is 12.0 Å². The molecule has 4 heteroatoms. The maximum atomic E-state index is 6.34. The third-order valence-corrected chi connectivity index (χ3v) is 3.91. The first-order chi connectivity index (χ1) is 9.25. The van der Waals surface area contributed by atoms with E-state index in [9.17, 15) is 0 Å². The van der Waals surface area contributed by atoms with Crippen LogP contribution in [0.2, 0.25) is 5.02 Å². The van der Waals surface area contributed by atoms with Gasteiger partial charge in [-0.3, -0.25) is 4.98 Å². The molecule has 0 bridgehead atoms. The van der Waals surface area contributed by atoms with Crippen molar-refractivity contribution >= 4 is 11.6 Å². The minimum Gasteiger partial charge on any atom is -0.493 e. The van der Waals surface area contributed by atoms with E-state index in [4.69, 9.17) is 22.1 Å². The van der Waals surface area contributed by atoms with Gasteiger partial charge in [0.2, 0.25) is 0 Å². The van der Waals surface area contributed by atoms with Gasteiger partial charge >= 0.3 is 0 Å². The lowest BCUT2D eigenvalue weighted by atomic mass is 9.90. The van der Waals surface area contributed by atoms with E-state index in [1.807, 2.05) is 24.3 Å². The number of nitrogens with two attached hydrogens (primary N) is 1. The van der Waals surface area contributed by atoms with Gasteiger partial charge in [0.05, 0.1) is 11.6 Å². The van der Waals surface area contributed by atoms with E-state index in [1.165, 1.54) is 5.56 Å². The molecule has 2 aromatic rings. The van der Waals surface area contributed by atoms with Crippen LogP contribution in [0.25, 0.3) is 0 Å². The van der Waals surface area contributed by atoms with E-state index in [1.54, 1.807) is 12.4 Å². The van der Waals surface area contributed by atoms with Gasteiger partial charge in [-0.25, -0.2) is 0 Å². The molecule has 0 spiro atoms. The zero-order chi connectivity index (χ0) is 13.2. The van der Waals surface area contributed by atoms with Crippen molar-refractivity contribution in [1.82, 2.24) is 4.98 Å². The molecule has 1 aromatic carbocycles. The summed E-state index contributed by atoms with van der Waals surface area (Å²) in [5.74, 6) is 1.17. The summed E-state index contributed by atoms with van der Waals surface area (Å²) in [4.78, 5) is 3.99. The second-order valence-electron chi connectivity index (χ2n) is 4.79. The molecule has 2 unspecified atom stereocenters. The molecule has 0 saturated heterocycles. The molecule has 0 radical (unpaired) electrons. The number of halogens is 1. The first-order valence-electron chi connectivity index (χ1n) is 6.31. The van der Waals surface area contributed by atoms with Crippen molar-refractivity contribution in [2.75, 3.05) is 6.61 Å². The highest BCUT2D eigenvalue weighted by molar-refractivity contribution is 6.31. The Morgan fingerprint density at radius 3 is 3.05 bits per heavy atom. The number of benzene rings is 1. The molecule has 3 rings (SSSR count). The third-order valence-electron chi connectivity index (χ3n) is 3.57. The highest BCUT2D eigenvalue weighted by Crippen LogP contribution is 2.36. The average molecular weight is 275 g/mol. The van der Waals surface area contributed by atoms with Crippen molar-refractivity contribution in [1.29, 1.82) is 0 Å². The fourth-order valence-corrected chi connectivity index (χ4v) is 2.70. The molecule has 98 valence electrons. The topological polar surface area (TPSA) is 48.1 Å². The Labute approximate surface area is 117 Å². The fraction of sp³-hybridized carbons (Fsp3) is 0.267. The van der Waals surface area contributed by atoms with Crippen LogP contribution in [-0.4, -0.2) is 17.6 Å². The Morgan fingerprint density at radius 2 is 2.21 bits per heavy atom. The van der Waals surface area contributed by atoms with Crippen LogP contribution < -0.4 is 10.5 Å². The van der Waals surface area contributed by atoms with Gasteiger partial charge < -0.3 is 10.5 Å². The lowest BCUT2D eigenvalue weighted by molar-refractivity contribution is 0.313. The van der Waals surface area contributed by atoms with Crippen molar-refractivity contribution in [3.8, 4) is 5.75 Å². The number of para-hydroxylation sites is 1. The number of aromatic nitrogens is 1. The van der Waals surface area contributed by atoms with E-state index in [2.05, 4.69) is 11.1 Å². The van der Waals surface area contributed by atoms with Crippen molar-refractivity contribution in [2.45, 2.75) is 18.4 Å². The number of nitrogens with zero attached hydrogens (tertiary/aromatic N) is 1. The summed E-state index contributed by atoms with van der Waals surface area (Å²) in [6, 6.07) is 9.98. The molecule has 2 heterocycles. The van der Waals surface area contributed by atoms with Gasteiger partial charge in [0, 0.05) is 29.9 Å². The molecule has 1 aliphatic heterocycles. The van der Waals surface area contributed by atoms with E-state index < -0.39 is 0 Å². The monoisotopic (exact) mass is 274 g/mol. The van der Waals surface area contributed by atoms with Gasteiger partial charge in [-0.15, -0.1) is 0 Å². The van der Waals surface area contributed by atoms with Crippen LogP contribution in [0.1, 0.15) is 17.0 Å². The second-order valence-corrected chi connectivity index (χ2v) is 5.20. The zero-order valence-electron chi connectivity index (χ0n) is 10.4. The average Bonchev–Trinajstić information content (AvgIpc) is 2.85. The SMILES string of the molecule is NC(Cc1ccncc1Cl)C1COc2ccccc21. The van der Waals surface area contributed by atoms with Gasteiger partial charge in [0.15, 0.2) is 0 Å². The first kappa shape index (κ1) is 12.5. The molecule has 19 heavy (non-hydrogen) atoms. The number of rotatable bonds is 3. The van der Waals surface area contributed by atoms with Crippen LogP contribution in [0.4, 0.5) is 0 Å². The predicted octanol–water partition coefficient (Wildman–Crippen LogP) is 2.78. The smallest absolute Gasteiger partial charge is 0.122 e. The minimum absolute atomic E-state index is 0.0106. The number of ether oxygens (including phenoxy) is 1. The Bertz CT molecular complexity index is 588. The van der Waals surface area contributed by atoms with Crippen LogP contribution >= 0.6 is 11.6 Å². The molecule has 0 amide bonds. The molecule has 0 aliphatic carbocycles. The van der Waals surface area contributed by atoms with Gasteiger partial charge in [0.25, 0.3) is 0 Å². The molecule has 1 aromatic heterocycles. The number of hydrogen-bond donors (Lipinski definition) is 1. The van der Waals surface area contributed by atoms with Crippen molar-refractivity contribution in [3.63, 3.8) is 0 Å². The molecule has 1 aliphatic rings. The highest BCUT2D eigenvalue weighted by Gasteiger charge is 2.29. The number of hydrogen-bond acceptors (Lipinski definition) is 3. The second kappa shape index (κ2) is 5.19. The summed E-state index contributed by atoms with van der Waals surface area (Å²) in [6.45, 7) is 0.642. The molecular formula is C15H15ClN2O. The van der Waals surface area contributed by atoms with Crippen LogP contribution in [0, 0.1) is 0 Å². The lowest BCUT2D eigenvalue weighted by Crippen LogP contribution is -2.31. The molecular weight excluding hydrogens is 260 g/mol. The molecule has 2 atom stereocenters. The molecule has 0 saturated carbocycles. The number of pyridine rings is 1. The summed E-state index contributed by atoms with van der Waals surface area (Å²) < 4.78 is 5.67. The van der Waals surface area contributed by atoms with Gasteiger partial charge in [-0.1, -0.05) is 29.8 Å². The van der Waals surface area contributed by atoms with Crippen molar-refractivity contribution in [2.24, 2.45) is 5.73 Å². The molecule has 3 nitrogen and oxygen atoms in total. The van der Waals surface area contributed by atoms with Gasteiger partial charge in [-0.2, -0.15) is 0 Å². The van der Waals surface area contributed by atoms with E-state index in [0.717, 1.165) is 17.7 Å². The predicted molar refractivity (Wildman–Crippen MR) is 75.6 cm³/mol. The lowest BCUT2D eigenvalue weighted by Gasteiger charge is -2.18. The number of fused-ring (bicyclic) bond motifs is 1. The largest absolute Gasteiger partial charge is 0.493 e. The van der Waals surface area contributed by atoms with Crippen LogP contribution in [-0.2, 0) is 6.42 Å². The van der Waals surface area contributed by atoms with Crippen LogP contribution in [0.5, 0.6) is 5.75 Å². The summed E-state index contributed by atoms with van der Waals surface area (Å²) in [5.41, 5.74) is 8.57. The summed E-state index contributed by atoms with van der Waals surface area (Å²) >= 11 is 6.13. The Balaban J connectivity index is 1.79. The Morgan fingerprint density at radius 1 is 1.37 bits per heavy atom. The Kier molecular flexibility index (Phi) is 3.40. The quantitative estimate of drug-likeness (QED) is 0.936. The maximum absolute atomic E-state index is 6.34. The van der Waals surface area contributed by atoms with E-state index >= 15 is 0 Å². The van der Waals surface area contributed by atoms with Gasteiger partial charge in [-0.05, 0) is 24.1 Å². The molecule has 0 fully saturated rings. The van der Waals surface area contributed by atoms with Crippen LogP contribution in [0.15, 0.2) is 42.7 Å². The van der Waals surface area contributed by atoms with Crippen molar-refractivity contribution in [3.05, 3.63) is 58.9 Å². The summed E-state index contributed by atoms with van der Waals surface area (Å²) in [5, 5.41) is 0.671. The highest BCUT2D eigenvalue weighted by atomic mass is 35.5. The summed E-state index contributed by atoms with van der Waals surface area (Å²) in [6.07, 6.45) is 4.12.